The standard InChI is InChI=1S/C22H27N5O3/c1-4-30-17-8-6-5-7-16(17)27-22-20(23)21(25-14-26-22)24-12-11-15-9-10-18(28-2)19(13-15)29-3/h5-10,13-14H,4,11-12,23H2,1-3H3,(H2,24,25,26,27). The second kappa shape index (κ2) is 10.2. The Bertz CT molecular complexity index is 981. The zero-order valence-electron chi connectivity index (χ0n) is 17.4. The van der Waals surface area contributed by atoms with E-state index in [4.69, 9.17) is 19.9 Å². The van der Waals surface area contributed by atoms with E-state index in [0.717, 1.165) is 23.4 Å². The number of anilines is 4. The molecule has 2 aromatic carbocycles. The topological polar surface area (TPSA) is 104 Å². The van der Waals surface area contributed by atoms with Crippen LogP contribution in [0.4, 0.5) is 23.0 Å². The molecule has 1 heterocycles. The van der Waals surface area contributed by atoms with Crippen molar-refractivity contribution in [2.75, 3.05) is 43.7 Å². The number of methoxy groups -OCH3 is 2. The molecule has 0 aliphatic rings. The molecule has 0 amide bonds. The Morgan fingerprint density at radius 2 is 1.70 bits per heavy atom. The van der Waals surface area contributed by atoms with Crippen LogP contribution in [0.25, 0.3) is 0 Å². The molecule has 0 aliphatic heterocycles. The fraction of sp³-hybridized carbons (Fsp3) is 0.273. The number of nitrogens with zero attached hydrogens (tertiary/aromatic N) is 2. The van der Waals surface area contributed by atoms with Crippen molar-refractivity contribution in [3.63, 3.8) is 0 Å². The lowest BCUT2D eigenvalue weighted by molar-refractivity contribution is 0.342. The van der Waals surface area contributed by atoms with Crippen molar-refractivity contribution in [3.05, 3.63) is 54.4 Å². The van der Waals surface area contributed by atoms with Crippen LogP contribution >= 0.6 is 0 Å². The molecular formula is C22H27N5O3. The van der Waals surface area contributed by atoms with Crippen molar-refractivity contribution in [3.8, 4) is 17.2 Å². The van der Waals surface area contributed by atoms with Gasteiger partial charge >= 0.3 is 0 Å². The van der Waals surface area contributed by atoms with Crippen LogP contribution in [-0.4, -0.2) is 37.3 Å². The maximum Gasteiger partial charge on any atom is 0.160 e. The smallest absolute Gasteiger partial charge is 0.160 e. The van der Waals surface area contributed by atoms with Gasteiger partial charge in [-0.3, -0.25) is 0 Å². The third-order valence-corrected chi connectivity index (χ3v) is 4.48. The predicted octanol–water partition coefficient (Wildman–Crippen LogP) is 3.87. The molecule has 8 heteroatoms. The van der Waals surface area contributed by atoms with Crippen molar-refractivity contribution in [2.24, 2.45) is 0 Å². The molecule has 0 saturated carbocycles. The van der Waals surface area contributed by atoms with E-state index < -0.39 is 0 Å². The quantitative estimate of drug-likeness (QED) is 0.464. The van der Waals surface area contributed by atoms with E-state index >= 15 is 0 Å². The van der Waals surface area contributed by atoms with Gasteiger partial charge in [0.2, 0.25) is 0 Å². The van der Waals surface area contributed by atoms with Crippen molar-refractivity contribution in [1.29, 1.82) is 0 Å². The summed E-state index contributed by atoms with van der Waals surface area (Å²) in [4.78, 5) is 8.54. The molecule has 3 rings (SSSR count). The number of nitrogens with one attached hydrogen (secondary N) is 2. The summed E-state index contributed by atoms with van der Waals surface area (Å²) in [6, 6.07) is 13.5. The van der Waals surface area contributed by atoms with Crippen molar-refractivity contribution in [2.45, 2.75) is 13.3 Å². The Morgan fingerprint density at radius 1 is 0.933 bits per heavy atom. The highest BCUT2D eigenvalue weighted by Crippen LogP contribution is 2.31. The van der Waals surface area contributed by atoms with E-state index in [9.17, 15) is 0 Å². The van der Waals surface area contributed by atoms with Gasteiger partial charge in [-0.05, 0) is 43.2 Å². The summed E-state index contributed by atoms with van der Waals surface area (Å²) >= 11 is 0. The van der Waals surface area contributed by atoms with Gasteiger partial charge in [0.15, 0.2) is 23.1 Å². The first-order valence-corrected chi connectivity index (χ1v) is 9.70. The highest BCUT2D eigenvalue weighted by molar-refractivity contribution is 5.79. The van der Waals surface area contributed by atoms with Gasteiger partial charge in [0, 0.05) is 6.54 Å². The van der Waals surface area contributed by atoms with E-state index in [0.29, 0.717) is 42.0 Å². The molecule has 0 atom stereocenters. The van der Waals surface area contributed by atoms with Gasteiger partial charge in [-0.2, -0.15) is 0 Å². The SMILES string of the molecule is CCOc1ccccc1Nc1ncnc(NCCc2ccc(OC)c(OC)c2)c1N. The van der Waals surface area contributed by atoms with Crippen molar-refractivity contribution < 1.29 is 14.2 Å². The molecule has 8 nitrogen and oxygen atoms in total. The summed E-state index contributed by atoms with van der Waals surface area (Å²) in [7, 11) is 3.25. The lowest BCUT2D eigenvalue weighted by atomic mass is 10.1. The minimum absolute atomic E-state index is 0.441. The van der Waals surface area contributed by atoms with Crippen LogP contribution in [-0.2, 0) is 6.42 Å². The highest BCUT2D eigenvalue weighted by Gasteiger charge is 2.11. The molecule has 0 bridgehead atoms. The van der Waals surface area contributed by atoms with Gasteiger partial charge in [0.1, 0.15) is 17.8 Å². The molecule has 0 spiro atoms. The van der Waals surface area contributed by atoms with Crippen LogP contribution in [0.15, 0.2) is 48.8 Å². The monoisotopic (exact) mass is 409 g/mol. The van der Waals surface area contributed by atoms with Gasteiger partial charge in [-0.15, -0.1) is 0 Å². The molecule has 158 valence electrons. The van der Waals surface area contributed by atoms with Crippen molar-refractivity contribution >= 4 is 23.0 Å². The number of benzene rings is 2. The fourth-order valence-electron chi connectivity index (χ4n) is 2.98. The molecule has 0 radical (unpaired) electrons. The second-order valence-corrected chi connectivity index (χ2v) is 6.40. The van der Waals surface area contributed by atoms with Crippen LogP contribution in [0.3, 0.4) is 0 Å². The number of hydrogen-bond acceptors (Lipinski definition) is 8. The molecule has 0 aliphatic carbocycles. The van der Waals surface area contributed by atoms with E-state index in [1.807, 2.05) is 49.4 Å². The van der Waals surface area contributed by atoms with Crippen LogP contribution in [0.1, 0.15) is 12.5 Å². The number of nitrogen functional groups attached to an aromatic ring is 1. The average Bonchev–Trinajstić information content (AvgIpc) is 2.77. The minimum Gasteiger partial charge on any atom is -0.493 e. The van der Waals surface area contributed by atoms with Gasteiger partial charge < -0.3 is 30.6 Å². The molecule has 0 unspecified atom stereocenters. The Kier molecular flexibility index (Phi) is 7.15. The first-order chi connectivity index (χ1) is 14.7. The molecule has 3 aromatic rings. The highest BCUT2D eigenvalue weighted by atomic mass is 16.5. The molecule has 0 fully saturated rings. The minimum atomic E-state index is 0.441. The molecule has 30 heavy (non-hydrogen) atoms. The Hall–Kier alpha value is -3.68. The number of nitrogens with two attached hydrogens (primary N) is 1. The summed E-state index contributed by atoms with van der Waals surface area (Å²) in [6.45, 7) is 3.16. The third-order valence-electron chi connectivity index (χ3n) is 4.48. The summed E-state index contributed by atoms with van der Waals surface area (Å²) in [5.74, 6) is 3.24. The Balaban J connectivity index is 1.67. The maximum atomic E-state index is 6.29. The summed E-state index contributed by atoms with van der Waals surface area (Å²) in [6.07, 6.45) is 2.24. The van der Waals surface area contributed by atoms with Crippen LogP contribution in [0.2, 0.25) is 0 Å². The van der Waals surface area contributed by atoms with Gasteiger partial charge in [0.25, 0.3) is 0 Å². The van der Waals surface area contributed by atoms with E-state index in [2.05, 4.69) is 20.6 Å². The first kappa shape index (κ1) is 21.0. The number of rotatable bonds is 10. The van der Waals surface area contributed by atoms with Crippen LogP contribution in [0.5, 0.6) is 17.2 Å². The summed E-state index contributed by atoms with van der Waals surface area (Å²) < 4.78 is 16.3. The third kappa shape index (κ3) is 5.02. The van der Waals surface area contributed by atoms with Gasteiger partial charge in [-0.25, -0.2) is 9.97 Å². The van der Waals surface area contributed by atoms with Crippen LogP contribution in [0, 0.1) is 0 Å². The number of aromatic nitrogens is 2. The van der Waals surface area contributed by atoms with E-state index in [-0.39, 0.29) is 0 Å². The zero-order chi connectivity index (χ0) is 21.3. The predicted molar refractivity (Wildman–Crippen MR) is 119 cm³/mol. The Morgan fingerprint density at radius 3 is 2.47 bits per heavy atom. The van der Waals surface area contributed by atoms with Gasteiger partial charge in [-0.1, -0.05) is 18.2 Å². The lowest BCUT2D eigenvalue weighted by Gasteiger charge is -2.15. The number of hydrogen-bond donors (Lipinski definition) is 3. The molecular weight excluding hydrogens is 382 g/mol. The maximum absolute atomic E-state index is 6.29. The fourth-order valence-corrected chi connectivity index (χ4v) is 2.98. The summed E-state index contributed by atoms with van der Waals surface area (Å²) in [5, 5.41) is 6.50. The molecule has 1 aromatic heterocycles. The van der Waals surface area contributed by atoms with Crippen LogP contribution < -0.4 is 30.6 Å². The zero-order valence-corrected chi connectivity index (χ0v) is 17.4. The second-order valence-electron chi connectivity index (χ2n) is 6.40. The normalized spacial score (nSPS) is 10.4. The molecule has 0 saturated heterocycles. The number of ether oxygens (including phenoxy) is 3. The lowest BCUT2D eigenvalue weighted by Crippen LogP contribution is -2.11. The molecule has 4 N–H and O–H groups in total. The first-order valence-electron chi connectivity index (χ1n) is 9.70. The van der Waals surface area contributed by atoms with Crippen molar-refractivity contribution in [1.82, 2.24) is 9.97 Å². The van der Waals surface area contributed by atoms with E-state index in [1.165, 1.54) is 6.33 Å². The summed E-state index contributed by atoms with van der Waals surface area (Å²) in [5.41, 5.74) is 8.63. The van der Waals surface area contributed by atoms with Gasteiger partial charge in [0.05, 0.1) is 26.5 Å². The average molecular weight is 409 g/mol. The largest absolute Gasteiger partial charge is 0.493 e. The van der Waals surface area contributed by atoms with E-state index in [1.54, 1.807) is 14.2 Å². The number of para-hydroxylation sites is 2. The Labute approximate surface area is 176 Å².